The molecule has 0 aromatic heterocycles. The molecule has 0 heterocycles. The fourth-order valence-corrected chi connectivity index (χ4v) is 2.96. The molecule has 1 fully saturated rings. The molecule has 0 unspecified atom stereocenters. The van der Waals surface area contributed by atoms with Crippen molar-refractivity contribution >= 4 is 17.6 Å². The molecule has 1 saturated carbocycles. The van der Waals surface area contributed by atoms with Crippen molar-refractivity contribution in [1.82, 2.24) is 10.6 Å². The lowest BCUT2D eigenvalue weighted by atomic mass is 10.1. The number of amides is 3. The third kappa shape index (κ3) is 6.12. The average molecular weight is 380 g/mol. The van der Waals surface area contributed by atoms with Crippen molar-refractivity contribution in [1.29, 1.82) is 0 Å². The third-order valence-electron chi connectivity index (χ3n) is 4.44. The Morgan fingerprint density at radius 1 is 1.00 bits per heavy atom. The van der Waals surface area contributed by atoms with Crippen LogP contribution < -0.4 is 15.5 Å². The molecule has 3 amide bonds. The van der Waals surface area contributed by atoms with E-state index in [0.717, 1.165) is 29.7 Å². The maximum atomic E-state index is 13.0. The second kappa shape index (κ2) is 8.46. The number of carbonyl (C=O) groups excluding carboxylic acids is 2. The summed E-state index contributed by atoms with van der Waals surface area (Å²) >= 11 is 0. The predicted octanol–water partition coefficient (Wildman–Crippen LogP) is 4.02. The van der Waals surface area contributed by atoms with Crippen molar-refractivity contribution in [2.24, 2.45) is 0 Å². The minimum Gasteiger partial charge on any atom is -0.353 e. The van der Waals surface area contributed by atoms with Gasteiger partial charge in [-0.3, -0.25) is 9.69 Å². The second-order valence-electron chi connectivity index (χ2n) is 8.44. The maximum Gasteiger partial charge on any atom is 0.322 e. The predicted molar refractivity (Wildman–Crippen MR) is 112 cm³/mol. The minimum atomic E-state index is -0.340. The molecule has 148 valence electrons. The molecule has 0 spiro atoms. The fraction of sp³-hybridized carbons (Fsp3) is 0.391. The van der Waals surface area contributed by atoms with E-state index in [2.05, 4.69) is 10.6 Å². The van der Waals surface area contributed by atoms with Crippen LogP contribution in [0.25, 0.3) is 0 Å². The summed E-state index contributed by atoms with van der Waals surface area (Å²) in [7, 11) is 0. The highest BCUT2D eigenvalue weighted by molar-refractivity contribution is 5.92. The zero-order valence-electron chi connectivity index (χ0n) is 16.9. The Labute approximate surface area is 167 Å². The highest BCUT2D eigenvalue weighted by Gasteiger charge is 2.24. The Kier molecular flexibility index (Phi) is 6.02. The van der Waals surface area contributed by atoms with Gasteiger partial charge in [-0.25, -0.2) is 4.79 Å². The normalized spacial score (nSPS) is 13.7. The number of nitrogens with zero attached hydrogens (tertiary/aromatic N) is 1. The Morgan fingerprint density at radius 3 is 2.32 bits per heavy atom. The van der Waals surface area contributed by atoms with Crippen molar-refractivity contribution in [3.8, 4) is 0 Å². The first-order valence-electron chi connectivity index (χ1n) is 9.82. The van der Waals surface area contributed by atoms with Crippen molar-refractivity contribution in [2.45, 2.75) is 58.2 Å². The number of carbonyl (C=O) groups is 2. The Morgan fingerprint density at radius 2 is 1.68 bits per heavy atom. The van der Waals surface area contributed by atoms with Gasteiger partial charge in [-0.05, 0) is 56.9 Å². The lowest BCUT2D eigenvalue weighted by molar-refractivity contribution is -0.120. The summed E-state index contributed by atoms with van der Waals surface area (Å²) in [6, 6.07) is 17.8. The van der Waals surface area contributed by atoms with Crippen molar-refractivity contribution in [3.05, 3.63) is 65.7 Å². The van der Waals surface area contributed by atoms with Gasteiger partial charge in [-0.1, -0.05) is 42.5 Å². The zero-order chi connectivity index (χ0) is 20.1. The van der Waals surface area contributed by atoms with Gasteiger partial charge in [0.05, 0.1) is 13.0 Å². The van der Waals surface area contributed by atoms with E-state index in [1.54, 1.807) is 4.90 Å². The Hall–Kier alpha value is -2.82. The largest absolute Gasteiger partial charge is 0.353 e. The van der Waals surface area contributed by atoms with Gasteiger partial charge in [-0.2, -0.15) is 0 Å². The van der Waals surface area contributed by atoms with Crippen LogP contribution in [0.3, 0.4) is 0 Å². The first kappa shape index (κ1) is 19.9. The maximum absolute atomic E-state index is 13.0. The Bertz CT molecular complexity index is 823. The van der Waals surface area contributed by atoms with Gasteiger partial charge in [0.1, 0.15) is 0 Å². The number of anilines is 1. The number of urea groups is 1. The van der Waals surface area contributed by atoms with Gasteiger partial charge in [0.2, 0.25) is 5.91 Å². The molecule has 5 heteroatoms. The van der Waals surface area contributed by atoms with E-state index in [4.69, 9.17) is 0 Å². The van der Waals surface area contributed by atoms with Crippen molar-refractivity contribution in [2.75, 3.05) is 4.90 Å². The lowest BCUT2D eigenvalue weighted by Crippen LogP contribution is -2.48. The zero-order valence-corrected chi connectivity index (χ0v) is 16.9. The molecule has 2 aromatic rings. The molecule has 5 nitrogen and oxygen atoms in total. The van der Waals surface area contributed by atoms with E-state index in [1.807, 2.05) is 75.4 Å². The van der Waals surface area contributed by atoms with Crippen LogP contribution in [0.1, 0.15) is 44.7 Å². The molecule has 2 N–H and O–H groups in total. The SMILES string of the molecule is CC(C)(C)NC(=O)N(Cc1ccccc1)c1cccc(CC(=O)NC2CC2)c1. The fourth-order valence-electron chi connectivity index (χ4n) is 2.96. The molecule has 0 radical (unpaired) electrons. The number of nitrogens with one attached hydrogen (secondary N) is 2. The number of rotatable bonds is 6. The smallest absolute Gasteiger partial charge is 0.322 e. The highest BCUT2D eigenvalue weighted by atomic mass is 16.2. The number of benzene rings is 2. The van der Waals surface area contributed by atoms with Crippen LogP contribution in [0.5, 0.6) is 0 Å². The van der Waals surface area contributed by atoms with E-state index in [9.17, 15) is 9.59 Å². The van der Waals surface area contributed by atoms with Crippen molar-refractivity contribution < 1.29 is 9.59 Å². The molecule has 1 aliphatic rings. The van der Waals surface area contributed by atoms with E-state index in [-0.39, 0.29) is 17.5 Å². The molecule has 0 atom stereocenters. The van der Waals surface area contributed by atoms with Crippen LogP contribution >= 0.6 is 0 Å². The van der Waals surface area contributed by atoms with Gasteiger partial charge in [0.25, 0.3) is 0 Å². The second-order valence-corrected chi connectivity index (χ2v) is 8.44. The molecule has 2 aromatic carbocycles. The summed E-state index contributed by atoms with van der Waals surface area (Å²) in [5.41, 5.74) is 2.39. The van der Waals surface area contributed by atoms with Crippen LogP contribution in [-0.2, 0) is 17.8 Å². The highest BCUT2D eigenvalue weighted by Crippen LogP contribution is 2.22. The van der Waals surface area contributed by atoms with Crippen molar-refractivity contribution in [3.63, 3.8) is 0 Å². The van der Waals surface area contributed by atoms with E-state index < -0.39 is 0 Å². The topological polar surface area (TPSA) is 61.4 Å². The minimum absolute atomic E-state index is 0.0356. The summed E-state index contributed by atoms with van der Waals surface area (Å²) in [5, 5.41) is 6.05. The molecule has 1 aliphatic carbocycles. The first-order chi connectivity index (χ1) is 13.3. The first-order valence-corrected chi connectivity index (χ1v) is 9.82. The summed E-state index contributed by atoms with van der Waals surface area (Å²) in [4.78, 5) is 26.9. The van der Waals surface area contributed by atoms with Crippen LogP contribution in [0.15, 0.2) is 54.6 Å². The summed E-state index contributed by atoms with van der Waals surface area (Å²) < 4.78 is 0. The van der Waals surface area contributed by atoms with E-state index in [0.29, 0.717) is 19.0 Å². The van der Waals surface area contributed by atoms with Gasteiger partial charge in [0.15, 0.2) is 0 Å². The number of hydrogen-bond acceptors (Lipinski definition) is 2. The molecular weight excluding hydrogens is 350 g/mol. The van der Waals surface area contributed by atoms with Crippen LogP contribution in [0.4, 0.5) is 10.5 Å². The summed E-state index contributed by atoms with van der Waals surface area (Å²) in [5.74, 6) is 0.0356. The molecule has 28 heavy (non-hydrogen) atoms. The molecule has 0 aliphatic heterocycles. The quantitative estimate of drug-likeness (QED) is 0.796. The van der Waals surface area contributed by atoms with Gasteiger partial charge in [-0.15, -0.1) is 0 Å². The Balaban J connectivity index is 1.80. The lowest BCUT2D eigenvalue weighted by Gasteiger charge is -2.29. The van der Waals surface area contributed by atoms with Crippen LogP contribution in [0.2, 0.25) is 0 Å². The van der Waals surface area contributed by atoms with Gasteiger partial charge < -0.3 is 10.6 Å². The van der Waals surface area contributed by atoms with Crippen LogP contribution in [-0.4, -0.2) is 23.5 Å². The van der Waals surface area contributed by atoms with E-state index >= 15 is 0 Å². The molecule has 0 bridgehead atoms. The summed E-state index contributed by atoms with van der Waals surface area (Å²) in [6.07, 6.45) is 2.47. The third-order valence-corrected chi connectivity index (χ3v) is 4.44. The average Bonchev–Trinajstić information content (AvgIpc) is 3.43. The standard InChI is InChI=1S/C23H29N3O2/c1-23(2,3)25-22(28)26(16-17-8-5-4-6-9-17)20-11-7-10-18(14-20)15-21(27)24-19-12-13-19/h4-11,14,19H,12-13,15-16H2,1-3H3,(H,24,27)(H,25,28). The van der Waals surface area contributed by atoms with E-state index in [1.165, 1.54) is 0 Å². The molecule has 3 rings (SSSR count). The number of hydrogen-bond donors (Lipinski definition) is 2. The van der Waals surface area contributed by atoms with Crippen LogP contribution in [0, 0.1) is 0 Å². The summed E-state index contributed by atoms with van der Waals surface area (Å²) in [6.45, 7) is 6.35. The van der Waals surface area contributed by atoms with Gasteiger partial charge in [0, 0.05) is 17.3 Å². The van der Waals surface area contributed by atoms with Gasteiger partial charge >= 0.3 is 6.03 Å². The molecule has 0 saturated heterocycles. The molecular formula is C23H29N3O2. The monoisotopic (exact) mass is 379 g/mol.